The Hall–Kier alpha value is -0.380. The van der Waals surface area contributed by atoms with Gasteiger partial charge in [0.15, 0.2) is 0 Å². The molecular weight excluding hydrogens is 212 g/mol. The zero-order valence-electron chi connectivity index (χ0n) is 12.0. The van der Waals surface area contributed by atoms with Crippen LogP contribution in [0.4, 0.5) is 0 Å². The Kier molecular flexibility index (Phi) is 10.5. The lowest BCUT2D eigenvalue weighted by atomic mass is 10.1. The van der Waals surface area contributed by atoms with Crippen LogP contribution in [-0.2, 0) is 4.74 Å². The number of rotatable bonds is 6. The molecule has 0 aromatic heterocycles. The molecule has 3 nitrogen and oxygen atoms in total. The van der Waals surface area contributed by atoms with Gasteiger partial charge in [-0.3, -0.25) is 4.90 Å². The number of nitrogens with zero attached hydrogens (tertiary/aromatic N) is 2. The van der Waals surface area contributed by atoms with Gasteiger partial charge in [0.2, 0.25) is 0 Å². The number of ether oxygens (including phenoxy) is 1. The Morgan fingerprint density at radius 1 is 1.06 bits per heavy atom. The molecule has 0 N–H and O–H groups in total. The summed E-state index contributed by atoms with van der Waals surface area (Å²) in [5, 5.41) is 0. The summed E-state index contributed by atoms with van der Waals surface area (Å²) in [6, 6.07) is 0. The smallest absolute Gasteiger partial charge is 0.0593 e. The Morgan fingerprint density at radius 2 is 1.65 bits per heavy atom. The molecule has 1 rings (SSSR count). The van der Waals surface area contributed by atoms with Crippen LogP contribution in [0.3, 0.4) is 0 Å². The standard InChI is InChI=1S/C12H26N2O.C2H4/c1-12(2)4-10-15-11-9-14-7-5-13(3)6-8-14;1-2/h12H,4-11H2,1-3H3;1-2H2. The van der Waals surface area contributed by atoms with Crippen LogP contribution in [0, 0.1) is 5.92 Å². The highest BCUT2D eigenvalue weighted by Gasteiger charge is 2.12. The van der Waals surface area contributed by atoms with Crippen molar-refractivity contribution in [2.24, 2.45) is 5.92 Å². The predicted molar refractivity (Wildman–Crippen MR) is 75.5 cm³/mol. The van der Waals surface area contributed by atoms with Gasteiger partial charge in [0, 0.05) is 39.3 Å². The van der Waals surface area contributed by atoms with Crippen molar-refractivity contribution in [2.45, 2.75) is 20.3 Å². The van der Waals surface area contributed by atoms with Gasteiger partial charge in [0.25, 0.3) is 0 Å². The van der Waals surface area contributed by atoms with Crippen molar-refractivity contribution in [3.8, 4) is 0 Å². The molecule has 0 unspecified atom stereocenters. The third kappa shape index (κ3) is 9.33. The van der Waals surface area contributed by atoms with Crippen LogP contribution in [-0.4, -0.2) is 62.8 Å². The van der Waals surface area contributed by atoms with Gasteiger partial charge in [-0.15, -0.1) is 13.2 Å². The van der Waals surface area contributed by atoms with E-state index in [1.54, 1.807) is 0 Å². The summed E-state index contributed by atoms with van der Waals surface area (Å²) in [5.74, 6) is 0.758. The van der Waals surface area contributed by atoms with Crippen molar-refractivity contribution in [1.82, 2.24) is 9.80 Å². The van der Waals surface area contributed by atoms with E-state index in [4.69, 9.17) is 4.74 Å². The summed E-state index contributed by atoms with van der Waals surface area (Å²) < 4.78 is 5.62. The molecule has 1 aliphatic heterocycles. The Bertz CT molecular complexity index is 166. The molecule has 1 saturated heterocycles. The third-order valence-corrected chi connectivity index (χ3v) is 2.99. The zero-order valence-corrected chi connectivity index (χ0v) is 12.0. The molecule has 1 aliphatic rings. The second kappa shape index (κ2) is 10.8. The van der Waals surface area contributed by atoms with E-state index in [1.165, 1.54) is 32.6 Å². The molecular formula is C14H30N2O. The lowest BCUT2D eigenvalue weighted by Crippen LogP contribution is -2.45. The summed E-state index contributed by atoms with van der Waals surface area (Å²) in [5.41, 5.74) is 0. The summed E-state index contributed by atoms with van der Waals surface area (Å²) in [6.07, 6.45) is 1.18. The van der Waals surface area contributed by atoms with Gasteiger partial charge >= 0.3 is 0 Å². The SMILES string of the molecule is C=C.CC(C)CCOCCN1CCN(C)CC1. The lowest BCUT2D eigenvalue weighted by Gasteiger charge is -2.32. The number of piperazine rings is 1. The van der Waals surface area contributed by atoms with Crippen molar-refractivity contribution >= 4 is 0 Å². The minimum atomic E-state index is 0.758. The summed E-state index contributed by atoms with van der Waals surface area (Å²) >= 11 is 0. The zero-order chi connectivity index (χ0) is 13.1. The maximum absolute atomic E-state index is 5.62. The van der Waals surface area contributed by atoms with Crippen LogP contribution in [0.1, 0.15) is 20.3 Å². The van der Waals surface area contributed by atoms with E-state index in [-0.39, 0.29) is 0 Å². The maximum atomic E-state index is 5.62. The minimum Gasteiger partial charge on any atom is -0.380 e. The molecule has 0 amide bonds. The summed E-state index contributed by atoms with van der Waals surface area (Å²) in [6.45, 7) is 18.2. The molecule has 17 heavy (non-hydrogen) atoms. The first-order valence-electron chi connectivity index (χ1n) is 6.67. The molecule has 0 spiro atoms. The monoisotopic (exact) mass is 242 g/mol. The number of hydrogen-bond acceptors (Lipinski definition) is 3. The van der Waals surface area contributed by atoms with Crippen LogP contribution < -0.4 is 0 Å². The molecule has 0 bridgehead atoms. The quantitative estimate of drug-likeness (QED) is 0.524. The van der Waals surface area contributed by atoms with Crippen LogP contribution in [0.5, 0.6) is 0 Å². The Labute approximate surface area is 107 Å². The molecule has 0 atom stereocenters. The highest BCUT2D eigenvalue weighted by Crippen LogP contribution is 2.00. The molecule has 1 heterocycles. The largest absolute Gasteiger partial charge is 0.380 e. The van der Waals surface area contributed by atoms with Crippen molar-refractivity contribution in [3.63, 3.8) is 0 Å². The van der Waals surface area contributed by atoms with E-state index >= 15 is 0 Å². The van der Waals surface area contributed by atoms with E-state index in [0.29, 0.717) is 0 Å². The molecule has 0 saturated carbocycles. The molecule has 1 fully saturated rings. The first-order chi connectivity index (χ1) is 8.18. The fraction of sp³-hybridized carbons (Fsp3) is 0.857. The molecule has 102 valence electrons. The molecule has 0 aromatic rings. The van der Waals surface area contributed by atoms with Gasteiger partial charge in [-0.2, -0.15) is 0 Å². The average molecular weight is 242 g/mol. The maximum Gasteiger partial charge on any atom is 0.0593 e. The number of hydrogen-bond donors (Lipinski definition) is 0. The summed E-state index contributed by atoms with van der Waals surface area (Å²) in [7, 11) is 2.19. The average Bonchev–Trinajstić information content (AvgIpc) is 2.33. The van der Waals surface area contributed by atoms with Gasteiger partial charge in [0.1, 0.15) is 0 Å². The van der Waals surface area contributed by atoms with Crippen molar-refractivity contribution in [2.75, 3.05) is 53.0 Å². The molecule has 0 radical (unpaired) electrons. The molecule has 3 heteroatoms. The van der Waals surface area contributed by atoms with E-state index in [0.717, 1.165) is 25.7 Å². The van der Waals surface area contributed by atoms with Crippen molar-refractivity contribution in [3.05, 3.63) is 13.2 Å². The fourth-order valence-corrected chi connectivity index (χ4v) is 1.69. The normalized spacial score (nSPS) is 17.9. The van der Waals surface area contributed by atoms with Crippen molar-refractivity contribution in [1.29, 1.82) is 0 Å². The first kappa shape index (κ1) is 16.6. The third-order valence-electron chi connectivity index (χ3n) is 2.99. The van der Waals surface area contributed by atoms with Crippen LogP contribution >= 0.6 is 0 Å². The highest BCUT2D eigenvalue weighted by molar-refractivity contribution is 4.68. The van der Waals surface area contributed by atoms with E-state index in [9.17, 15) is 0 Å². The fourth-order valence-electron chi connectivity index (χ4n) is 1.69. The van der Waals surface area contributed by atoms with Crippen LogP contribution in [0.2, 0.25) is 0 Å². The van der Waals surface area contributed by atoms with Gasteiger partial charge in [-0.25, -0.2) is 0 Å². The minimum absolute atomic E-state index is 0.758. The number of likely N-dealkylation sites (N-methyl/N-ethyl adjacent to an activating group) is 1. The Balaban J connectivity index is 0.00000121. The van der Waals surface area contributed by atoms with Crippen LogP contribution in [0.25, 0.3) is 0 Å². The topological polar surface area (TPSA) is 15.7 Å². The Morgan fingerprint density at radius 3 is 2.18 bits per heavy atom. The predicted octanol–water partition coefficient (Wildman–Crippen LogP) is 2.10. The summed E-state index contributed by atoms with van der Waals surface area (Å²) in [4.78, 5) is 4.88. The van der Waals surface area contributed by atoms with Gasteiger partial charge in [0.05, 0.1) is 6.61 Å². The van der Waals surface area contributed by atoms with Gasteiger partial charge in [-0.05, 0) is 19.4 Å². The molecule has 0 aromatic carbocycles. The molecule has 0 aliphatic carbocycles. The lowest BCUT2D eigenvalue weighted by molar-refractivity contribution is 0.0770. The second-order valence-electron chi connectivity index (χ2n) is 4.94. The highest BCUT2D eigenvalue weighted by atomic mass is 16.5. The second-order valence-corrected chi connectivity index (χ2v) is 4.94. The van der Waals surface area contributed by atoms with Crippen molar-refractivity contribution < 1.29 is 4.74 Å². The first-order valence-corrected chi connectivity index (χ1v) is 6.67. The van der Waals surface area contributed by atoms with E-state index in [2.05, 4.69) is 43.9 Å². The van der Waals surface area contributed by atoms with Gasteiger partial charge in [-0.1, -0.05) is 13.8 Å². The van der Waals surface area contributed by atoms with Crippen LogP contribution in [0.15, 0.2) is 13.2 Å². The van der Waals surface area contributed by atoms with Gasteiger partial charge < -0.3 is 9.64 Å². The van der Waals surface area contributed by atoms with E-state index < -0.39 is 0 Å². The van der Waals surface area contributed by atoms with E-state index in [1.807, 2.05) is 0 Å².